The molecule has 0 aliphatic heterocycles. The Morgan fingerprint density at radius 3 is 2.96 bits per heavy atom. The second kappa shape index (κ2) is 7.84. The van der Waals surface area contributed by atoms with Crippen LogP contribution >= 0.6 is 23.1 Å². The summed E-state index contributed by atoms with van der Waals surface area (Å²) in [5, 5.41) is 5.24. The average molecular weight is 374 g/mol. The van der Waals surface area contributed by atoms with Crippen LogP contribution in [0.1, 0.15) is 18.9 Å². The molecule has 0 aliphatic carbocycles. The maximum absolute atomic E-state index is 13.0. The van der Waals surface area contributed by atoms with Crippen LogP contribution in [-0.2, 0) is 4.79 Å². The van der Waals surface area contributed by atoms with Gasteiger partial charge in [-0.25, -0.2) is 4.98 Å². The first-order valence-corrected chi connectivity index (χ1v) is 9.93. The first kappa shape index (κ1) is 17.7. The van der Waals surface area contributed by atoms with Gasteiger partial charge in [-0.3, -0.25) is 14.2 Å². The van der Waals surface area contributed by atoms with Crippen LogP contribution in [-0.4, -0.2) is 27.8 Å². The Bertz CT molecular complexity index is 962. The molecule has 0 saturated carbocycles. The Hall–Kier alpha value is -2.12. The number of aryl methyl sites for hydroxylation is 1. The van der Waals surface area contributed by atoms with E-state index in [-0.39, 0.29) is 17.2 Å². The Morgan fingerprint density at radius 2 is 2.20 bits per heavy atom. The van der Waals surface area contributed by atoms with Gasteiger partial charge in [-0.05, 0) is 42.5 Å². The van der Waals surface area contributed by atoms with Crippen LogP contribution < -0.4 is 10.9 Å². The van der Waals surface area contributed by atoms with Crippen LogP contribution in [0, 0.1) is 6.92 Å². The number of hydrogen-bond acceptors (Lipinski definition) is 5. The number of carbonyl (C=O) groups is 1. The summed E-state index contributed by atoms with van der Waals surface area (Å²) in [4.78, 5) is 29.5. The van der Waals surface area contributed by atoms with Gasteiger partial charge >= 0.3 is 0 Å². The van der Waals surface area contributed by atoms with Gasteiger partial charge in [-0.1, -0.05) is 30.8 Å². The standard InChI is InChI=1S/C18H19N3O2S2/c1-3-8-19-15(22)11-25-18-20-14-7-9-24-16(14)17(23)21(18)13-6-4-5-12(2)10-13/h4-7,9-10H,3,8,11H2,1-2H3,(H,19,22). The Labute approximate surface area is 154 Å². The van der Waals surface area contributed by atoms with Crippen molar-refractivity contribution >= 4 is 39.2 Å². The van der Waals surface area contributed by atoms with Gasteiger partial charge in [0.25, 0.3) is 5.56 Å². The van der Waals surface area contributed by atoms with Gasteiger partial charge in [0.2, 0.25) is 5.91 Å². The molecule has 7 heteroatoms. The van der Waals surface area contributed by atoms with Gasteiger partial charge in [0.05, 0.1) is 17.0 Å². The van der Waals surface area contributed by atoms with Crippen molar-refractivity contribution in [3.05, 3.63) is 51.6 Å². The van der Waals surface area contributed by atoms with Crippen LogP contribution in [0.3, 0.4) is 0 Å². The topological polar surface area (TPSA) is 64.0 Å². The summed E-state index contributed by atoms with van der Waals surface area (Å²) in [6.45, 7) is 4.65. The van der Waals surface area contributed by atoms with Crippen molar-refractivity contribution in [3.63, 3.8) is 0 Å². The SMILES string of the molecule is CCCNC(=O)CSc1nc2ccsc2c(=O)n1-c1cccc(C)c1. The van der Waals surface area contributed by atoms with Crippen molar-refractivity contribution in [2.75, 3.05) is 12.3 Å². The van der Waals surface area contributed by atoms with Gasteiger partial charge in [-0.2, -0.15) is 0 Å². The van der Waals surface area contributed by atoms with Gasteiger partial charge in [0, 0.05) is 6.54 Å². The third-order valence-electron chi connectivity index (χ3n) is 3.61. The first-order valence-electron chi connectivity index (χ1n) is 8.07. The van der Waals surface area contributed by atoms with Gasteiger partial charge in [-0.15, -0.1) is 11.3 Å². The number of thiophene rings is 1. The minimum atomic E-state index is -0.0953. The van der Waals surface area contributed by atoms with Crippen LogP contribution in [0.15, 0.2) is 45.7 Å². The lowest BCUT2D eigenvalue weighted by atomic mass is 10.2. The van der Waals surface area contributed by atoms with Crippen LogP contribution in [0.4, 0.5) is 0 Å². The molecule has 3 rings (SSSR count). The van der Waals surface area contributed by atoms with Gasteiger partial charge in [0.1, 0.15) is 4.70 Å². The van der Waals surface area contributed by atoms with Crippen molar-refractivity contribution in [2.45, 2.75) is 25.4 Å². The lowest BCUT2D eigenvalue weighted by molar-refractivity contribution is -0.118. The molecule has 0 fully saturated rings. The Morgan fingerprint density at radius 1 is 1.36 bits per heavy atom. The van der Waals surface area contributed by atoms with E-state index in [9.17, 15) is 9.59 Å². The number of thioether (sulfide) groups is 1. The number of benzene rings is 1. The summed E-state index contributed by atoms with van der Waals surface area (Å²) < 4.78 is 2.23. The highest BCUT2D eigenvalue weighted by atomic mass is 32.2. The molecule has 1 N–H and O–H groups in total. The molecule has 0 radical (unpaired) electrons. The molecule has 0 bridgehead atoms. The van der Waals surface area contributed by atoms with Crippen molar-refractivity contribution < 1.29 is 4.79 Å². The quantitative estimate of drug-likeness (QED) is 0.531. The predicted molar refractivity (Wildman–Crippen MR) is 104 cm³/mol. The number of fused-ring (bicyclic) bond motifs is 1. The zero-order valence-electron chi connectivity index (χ0n) is 14.1. The third-order valence-corrected chi connectivity index (χ3v) is 5.44. The molecule has 130 valence electrons. The number of nitrogens with zero attached hydrogens (tertiary/aromatic N) is 2. The second-order valence-electron chi connectivity index (χ2n) is 5.65. The fraction of sp³-hybridized carbons (Fsp3) is 0.278. The molecule has 0 saturated heterocycles. The van der Waals surface area contributed by atoms with Crippen LogP contribution in [0.5, 0.6) is 0 Å². The average Bonchev–Trinajstić information content (AvgIpc) is 3.07. The number of nitrogens with one attached hydrogen (secondary N) is 1. The minimum Gasteiger partial charge on any atom is -0.355 e. The number of aromatic nitrogens is 2. The van der Waals surface area contributed by atoms with Crippen LogP contribution in [0.2, 0.25) is 0 Å². The monoisotopic (exact) mass is 373 g/mol. The molecular formula is C18H19N3O2S2. The van der Waals surface area contributed by atoms with Crippen LogP contribution in [0.25, 0.3) is 15.9 Å². The smallest absolute Gasteiger partial charge is 0.276 e. The second-order valence-corrected chi connectivity index (χ2v) is 7.51. The van der Waals surface area contributed by atoms with E-state index in [4.69, 9.17) is 0 Å². The summed E-state index contributed by atoms with van der Waals surface area (Å²) in [6, 6.07) is 9.57. The summed E-state index contributed by atoms with van der Waals surface area (Å²) in [5.41, 5.74) is 2.41. The maximum Gasteiger partial charge on any atom is 0.276 e. The van der Waals surface area contributed by atoms with E-state index >= 15 is 0 Å². The zero-order valence-corrected chi connectivity index (χ0v) is 15.7. The van der Waals surface area contributed by atoms with E-state index in [1.165, 1.54) is 23.1 Å². The van der Waals surface area contributed by atoms with Crippen molar-refractivity contribution in [1.82, 2.24) is 14.9 Å². The molecule has 1 amide bonds. The molecule has 0 atom stereocenters. The van der Waals surface area contributed by atoms with E-state index in [0.29, 0.717) is 21.9 Å². The largest absolute Gasteiger partial charge is 0.355 e. The Balaban J connectivity index is 2.02. The normalized spacial score (nSPS) is 11.0. The molecule has 0 unspecified atom stereocenters. The van der Waals surface area contributed by atoms with Crippen molar-refractivity contribution in [1.29, 1.82) is 0 Å². The molecule has 2 aromatic heterocycles. The van der Waals surface area contributed by atoms with Crippen molar-refractivity contribution in [3.8, 4) is 5.69 Å². The summed E-state index contributed by atoms with van der Waals surface area (Å²) >= 11 is 2.67. The summed E-state index contributed by atoms with van der Waals surface area (Å²) in [5.74, 6) is 0.177. The van der Waals surface area contributed by atoms with Gasteiger partial charge < -0.3 is 5.32 Å². The highest BCUT2D eigenvalue weighted by molar-refractivity contribution is 7.99. The van der Waals surface area contributed by atoms with E-state index in [2.05, 4.69) is 10.3 Å². The highest BCUT2D eigenvalue weighted by Crippen LogP contribution is 2.23. The van der Waals surface area contributed by atoms with E-state index < -0.39 is 0 Å². The molecule has 3 aromatic rings. The zero-order chi connectivity index (χ0) is 17.8. The molecule has 0 aliphatic rings. The predicted octanol–water partition coefficient (Wildman–Crippen LogP) is 3.37. The fourth-order valence-electron chi connectivity index (χ4n) is 2.43. The van der Waals surface area contributed by atoms with E-state index in [1.807, 2.05) is 49.6 Å². The lowest BCUT2D eigenvalue weighted by Gasteiger charge is -2.12. The number of rotatable bonds is 6. The minimum absolute atomic E-state index is 0.0534. The number of hydrogen-bond donors (Lipinski definition) is 1. The lowest BCUT2D eigenvalue weighted by Crippen LogP contribution is -2.27. The summed E-state index contributed by atoms with van der Waals surface area (Å²) in [6.07, 6.45) is 0.892. The van der Waals surface area contributed by atoms with Gasteiger partial charge in [0.15, 0.2) is 5.16 Å². The number of amides is 1. The fourth-order valence-corrected chi connectivity index (χ4v) is 4.03. The molecular weight excluding hydrogens is 354 g/mol. The van der Waals surface area contributed by atoms with Crippen molar-refractivity contribution in [2.24, 2.45) is 0 Å². The highest BCUT2D eigenvalue weighted by Gasteiger charge is 2.15. The van der Waals surface area contributed by atoms with E-state index in [1.54, 1.807) is 4.57 Å². The Kier molecular flexibility index (Phi) is 5.55. The number of carbonyl (C=O) groups excluding carboxylic acids is 1. The molecule has 0 spiro atoms. The molecule has 2 heterocycles. The molecule has 1 aromatic carbocycles. The maximum atomic E-state index is 13.0. The van der Waals surface area contributed by atoms with E-state index in [0.717, 1.165) is 17.7 Å². The first-order chi connectivity index (χ1) is 12.1. The molecule has 5 nitrogen and oxygen atoms in total. The third kappa shape index (κ3) is 3.93. The summed E-state index contributed by atoms with van der Waals surface area (Å²) in [7, 11) is 0. The molecule has 25 heavy (non-hydrogen) atoms.